The zero-order valence-electron chi connectivity index (χ0n) is 10.3. The molecule has 0 fully saturated rings. The van der Waals surface area contributed by atoms with Crippen LogP contribution in [0.4, 0.5) is 0 Å². The molecule has 0 heterocycles. The second-order valence-electron chi connectivity index (χ2n) is 4.97. The Morgan fingerprint density at radius 2 is 1.47 bits per heavy atom. The van der Waals surface area contributed by atoms with Crippen molar-refractivity contribution in [1.29, 1.82) is 0 Å². The molecule has 0 spiro atoms. The highest BCUT2D eigenvalue weighted by Crippen LogP contribution is 2.21. The van der Waals surface area contributed by atoms with Crippen LogP contribution in [-0.2, 0) is 0 Å². The van der Waals surface area contributed by atoms with Crippen LogP contribution in [0.5, 0.6) is 0 Å². The molecule has 1 unspecified atom stereocenters. The van der Waals surface area contributed by atoms with Gasteiger partial charge in [0.25, 0.3) is 0 Å². The van der Waals surface area contributed by atoms with Crippen LogP contribution in [0.1, 0.15) is 47.0 Å². The Kier molecular flexibility index (Phi) is 10.5. The Bertz CT molecular complexity index is 127. The zero-order valence-corrected chi connectivity index (χ0v) is 10.3. The lowest BCUT2D eigenvalue weighted by Gasteiger charge is -2.17. The minimum Gasteiger partial charge on any atom is -0.394 e. The summed E-state index contributed by atoms with van der Waals surface area (Å²) in [6.45, 7) is 7.84. The molecule has 0 saturated carbocycles. The maximum atomic E-state index is 8.50. The van der Waals surface area contributed by atoms with Gasteiger partial charge < -0.3 is 20.4 Å². The van der Waals surface area contributed by atoms with E-state index in [1.807, 2.05) is 0 Å². The summed E-state index contributed by atoms with van der Waals surface area (Å²) in [4.78, 5) is 0. The minimum atomic E-state index is -1.12. The van der Waals surface area contributed by atoms with Crippen molar-refractivity contribution in [3.8, 4) is 0 Å². The summed E-state index contributed by atoms with van der Waals surface area (Å²) in [7, 11) is 0. The molecule has 0 amide bonds. The van der Waals surface area contributed by atoms with Gasteiger partial charge in [-0.05, 0) is 31.6 Å². The topological polar surface area (TPSA) is 80.9 Å². The number of aliphatic hydroxyl groups excluding tert-OH is 3. The number of hydrogen-bond acceptors (Lipinski definition) is 4. The van der Waals surface area contributed by atoms with Crippen LogP contribution < -0.4 is 0 Å². The van der Waals surface area contributed by atoms with E-state index >= 15 is 0 Å². The van der Waals surface area contributed by atoms with Gasteiger partial charge in [0.05, 0.1) is 12.7 Å². The molecule has 15 heavy (non-hydrogen) atoms. The molecule has 4 N–H and O–H groups in total. The average Bonchev–Trinajstić information content (AvgIpc) is 2.02. The van der Waals surface area contributed by atoms with E-state index in [0.717, 1.165) is 12.8 Å². The van der Waals surface area contributed by atoms with Gasteiger partial charge in [0, 0.05) is 0 Å². The van der Waals surface area contributed by atoms with Gasteiger partial charge in [-0.3, -0.25) is 0 Å². The van der Waals surface area contributed by atoms with Gasteiger partial charge >= 0.3 is 0 Å². The molecule has 0 aromatic heterocycles. The Morgan fingerprint density at radius 1 is 1.07 bits per heavy atom. The van der Waals surface area contributed by atoms with Gasteiger partial charge in [-0.25, -0.2) is 0 Å². The predicted octanol–water partition coefficient (Wildman–Crippen LogP) is 0.873. The Hall–Kier alpha value is -0.160. The summed E-state index contributed by atoms with van der Waals surface area (Å²) < 4.78 is 0. The lowest BCUT2D eigenvalue weighted by atomic mass is 9.90. The van der Waals surface area contributed by atoms with E-state index in [1.54, 1.807) is 0 Å². The first-order valence-corrected chi connectivity index (χ1v) is 5.34. The summed E-state index contributed by atoms with van der Waals surface area (Å²) in [6.07, 6.45) is 0.751. The number of aliphatic hydroxyl groups is 4. The Labute approximate surface area is 92.6 Å². The van der Waals surface area contributed by atoms with Crippen LogP contribution in [0, 0.1) is 5.41 Å². The third-order valence-corrected chi connectivity index (χ3v) is 1.65. The lowest BCUT2D eigenvalue weighted by molar-refractivity contribution is -0.0476. The van der Waals surface area contributed by atoms with Gasteiger partial charge in [-0.15, -0.1) is 0 Å². The third-order valence-electron chi connectivity index (χ3n) is 1.65. The molecule has 0 bridgehead atoms. The maximum Gasteiger partial charge on any atom is 0.151 e. The van der Waals surface area contributed by atoms with E-state index in [-0.39, 0.29) is 6.61 Å². The molecule has 0 radical (unpaired) electrons. The summed E-state index contributed by atoms with van der Waals surface area (Å²) in [5, 5.41) is 33.0. The maximum absolute atomic E-state index is 8.50. The van der Waals surface area contributed by atoms with E-state index in [9.17, 15) is 0 Å². The van der Waals surface area contributed by atoms with E-state index in [0.29, 0.717) is 11.8 Å². The minimum absolute atomic E-state index is 0.139. The second kappa shape index (κ2) is 9.09. The van der Waals surface area contributed by atoms with Crippen molar-refractivity contribution in [1.82, 2.24) is 0 Å². The first-order valence-electron chi connectivity index (χ1n) is 5.34. The SMILES string of the molecule is CC(C)(C)CCCC(O)O.CC(O)CO. The van der Waals surface area contributed by atoms with E-state index in [1.165, 1.54) is 6.92 Å². The molecular weight excluding hydrogens is 196 g/mol. The summed E-state index contributed by atoms with van der Waals surface area (Å²) in [6, 6.07) is 0. The highest BCUT2D eigenvalue weighted by molar-refractivity contribution is 4.60. The van der Waals surface area contributed by atoms with Gasteiger partial charge in [-0.2, -0.15) is 0 Å². The van der Waals surface area contributed by atoms with Crippen molar-refractivity contribution in [2.45, 2.75) is 59.4 Å². The molecule has 0 aliphatic heterocycles. The van der Waals surface area contributed by atoms with Crippen molar-refractivity contribution in [2.24, 2.45) is 5.41 Å². The largest absolute Gasteiger partial charge is 0.394 e. The normalized spacial score (nSPS) is 13.4. The standard InChI is InChI=1S/C8H18O2.C3H8O2/c1-8(2,3)6-4-5-7(9)10;1-3(5)2-4/h7,9-10H,4-6H2,1-3H3;3-5H,2H2,1H3. The average molecular weight is 222 g/mol. The lowest BCUT2D eigenvalue weighted by Crippen LogP contribution is -2.08. The highest BCUT2D eigenvalue weighted by atomic mass is 16.5. The molecule has 0 aromatic rings. The van der Waals surface area contributed by atoms with Crippen LogP contribution in [0.2, 0.25) is 0 Å². The Balaban J connectivity index is 0. The van der Waals surface area contributed by atoms with Crippen LogP contribution in [-0.4, -0.2) is 39.4 Å². The quantitative estimate of drug-likeness (QED) is 0.532. The molecule has 0 rings (SSSR count). The molecule has 4 nitrogen and oxygen atoms in total. The van der Waals surface area contributed by atoms with Crippen LogP contribution in [0.15, 0.2) is 0 Å². The number of hydrogen-bond donors (Lipinski definition) is 4. The number of rotatable bonds is 4. The zero-order chi connectivity index (χ0) is 12.5. The van der Waals surface area contributed by atoms with Gasteiger partial charge in [-0.1, -0.05) is 20.8 Å². The summed E-state index contributed by atoms with van der Waals surface area (Å²) in [5.74, 6) is 0. The van der Waals surface area contributed by atoms with Crippen molar-refractivity contribution in [3.63, 3.8) is 0 Å². The van der Waals surface area contributed by atoms with E-state index in [2.05, 4.69) is 20.8 Å². The van der Waals surface area contributed by atoms with Gasteiger partial charge in [0.2, 0.25) is 0 Å². The molecule has 1 atom stereocenters. The fourth-order valence-electron chi connectivity index (χ4n) is 0.815. The molecule has 0 aliphatic rings. The monoisotopic (exact) mass is 222 g/mol. The first kappa shape index (κ1) is 17.2. The van der Waals surface area contributed by atoms with Crippen LogP contribution >= 0.6 is 0 Å². The molecule has 94 valence electrons. The van der Waals surface area contributed by atoms with E-state index < -0.39 is 12.4 Å². The molecule has 4 heteroatoms. The van der Waals surface area contributed by atoms with Crippen molar-refractivity contribution in [3.05, 3.63) is 0 Å². The summed E-state index contributed by atoms with van der Waals surface area (Å²) in [5.41, 5.74) is 0.314. The predicted molar refractivity (Wildman–Crippen MR) is 60.3 cm³/mol. The van der Waals surface area contributed by atoms with Crippen molar-refractivity contribution >= 4 is 0 Å². The first-order chi connectivity index (χ1) is 6.69. The van der Waals surface area contributed by atoms with Gasteiger partial charge in [0.1, 0.15) is 0 Å². The van der Waals surface area contributed by atoms with Crippen LogP contribution in [0.3, 0.4) is 0 Å². The smallest absolute Gasteiger partial charge is 0.151 e. The second-order valence-corrected chi connectivity index (χ2v) is 4.97. The fraction of sp³-hybridized carbons (Fsp3) is 1.00. The molecule has 0 aliphatic carbocycles. The molecule has 0 aromatic carbocycles. The van der Waals surface area contributed by atoms with Crippen molar-refractivity contribution < 1.29 is 20.4 Å². The van der Waals surface area contributed by atoms with Crippen LogP contribution in [0.25, 0.3) is 0 Å². The van der Waals surface area contributed by atoms with Crippen molar-refractivity contribution in [2.75, 3.05) is 6.61 Å². The molecule has 0 saturated heterocycles. The third kappa shape index (κ3) is 24.8. The fourth-order valence-corrected chi connectivity index (χ4v) is 0.815. The van der Waals surface area contributed by atoms with Gasteiger partial charge in [0.15, 0.2) is 6.29 Å². The highest BCUT2D eigenvalue weighted by Gasteiger charge is 2.09. The van der Waals surface area contributed by atoms with E-state index in [4.69, 9.17) is 20.4 Å². The Morgan fingerprint density at radius 3 is 1.67 bits per heavy atom. The molecular formula is C11H26O4. The summed E-state index contributed by atoms with van der Waals surface area (Å²) >= 11 is 0.